The summed E-state index contributed by atoms with van der Waals surface area (Å²) in [5.41, 5.74) is 2.61. The number of non-ortho nitro benzene ring substituents is 1. The number of carbonyl (C=O) groups is 1. The maximum atomic E-state index is 13.1. The number of thioether (sulfide) groups is 1. The van der Waals surface area contributed by atoms with E-state index in [9.17, 15) is 19.3 Å². The van der Waals surface area contributed by atoms with Crippen molar-refractivity contribution in [1.29, 1.82) is 0 Å². The van der Waals surface area contributed by atoms with Crippen molar-refractivity contribution in [2.24, 2.45) is 0 Å². The Morgan fingerprint density at radius 3 is 2.61 bits per heavy atom. The van der Waals surface area contributed by atoms with Crippen LogP contribution < -0.4 is 9.64 Å². The molecule has 6 nitrogen and oxygen atoms in total. The van der Waals surface area contributed by atoms with Gasteiger partial charge >= 0.3 is 0 Å². The summed E-state index contributed by atoms with van der Waals surface area (Å²) < 4.78 is 19.4. The number of rotatable bonds is 6. The van der Waals surface area contributed by atoms with Crippen molar-refractivity contribution in [2.75, 3.05) is 4.90 Å². The van der Waals surface area contributed by atoms with E-state index in [4.69, 9.17) is 17.0 Å². The number of thiocarbonyl (C=S) groups is 1. The van der Waals surface area contributed by atoms with Crippen molar-refractivity contribution >= 4 is 51.7 Å². The number of hydrogen-bond acceptors (Lipinski definition) is 6. The Balaban J connectivity index is 1.65. The Bertz CT molecular complexity index is 1290. The van der Waals surface area contributed by atoms with Crippen molar-refractivity contribution < 1.29 is 18.8 Å². The van der Waals surface area contributed by atoms with Gasteiger partial charge in [0, 0.05) is 17.7 Å². The lowest BCUT2D eigenvalue weighted by molar-refractivity contribution is -0.384. The number of halogens is 1. The van der Waals surface area contributed by atoms with Crippen LogP contribution in [0.25, 0.3) is 6.08 Å². The van der Waals surface area contributed by atoms with E-state index in [-0.39, 0.29) is 24.0 Å². The number of amides is 1. The largest absolute Gasteiger partial charge is 0.488 e. The highest BCUT2D eigenvalue weighted by Gasteiger charge is 2.33. The van der Waals surface area contributed by atoms with Gasteiger partial charge in [-0.1, -0.05) is 48.2 Å². The Kier molecular flexibility index (Phi) is 6.52. The summed E-state index contributed by atoms with van der Waals surface area (Å²) in [5.74, 6) is -0.317. The first kappa shape index (κ1) is 22.6. The molecule has 3 aromatic rings. The molecular weight excluding hydrogens is 463 g/mol. The Hall–Kier alpha value is -3.56. The molecule has 9 heteroatoms. The molecule has 1 aliphatic heterocycles. The molecule has 33 heavy (non-hydrogen) atoms. The van der Waals surface area contributed by atoms with Crippen molar-refractivity contribution in [3.8, 4) is 5.75 Å². The predicted octanol–water partition coefficient (Wildman–Crippen LogP) is 6.03. The molecule has 0 aromatic heterocycles. The summed E-state index contributed by atoms with van der Waals surface area (Å²) in [7, 11) is 0. The van der Waals surface area contributed by atoms with E-state index >= 15 is 0 Å². The van der Waals surface area contributed by atoms with Crippen molar-refractivity contribution in [2.45, 2.75) is 13.5 Å². The fourth-order valence-corrected chi connectivity index (χ4v) is 4.52. The molecule has 0 spiro atoms. The number of nitro benzene ring substituents is 1. The number of nitrogens with zero attached hydrogens (tertiary/aromatic N) is 2. The van der Waals surface area contributed by atoms with E-state index < -0.39 is 4.92 Å². The van der Waals surface area contributed by atoms with E-state index in [1.54, 1.807) is 24.3 Å². The second kappa shape index (κ2) is 9.51. The van der Waals surface area contributed by atoms with Crippen LogP contribution in [0, 0.1) is 22.9 Å². The summed E-state index contributed by atoms with van der Waals surface area (Å²) in [6, 6.07) is 17.4. The average Bonchev–Trinajstić information content (AvgIpc) is 3.06. The van der Waals surface area contributed by atoms with Crippen molar-refractivity contribution in [1.82, 2.24) is 0 Å². The maximum absolute atomic E-state index is 13.1. The average molecular weight is 481 g/mol. The lowest BCUT2D eigenvalue weighted by atomic mass is 10.1. The zero-order chi connectivity index (χ0) is 23.5. The number of nitro groups is 1. The van der Waals surface area contributed by atoms with Crippen LogP contribution in [-0.2, 0) is 11.4 Å². The van der Waals surface area contributed by atoms with Gasteiger partial charge in [-0.15, -0.1) is 0 Å². The minimum Gasteiger partial charge on any atom is -0.488 e. The molecule has 166 valence electrons. The van der Waals surface area contributed by atoms with Gasteiger partial charge in [-0.05, 0) is 54.5 Å². The van der Waals surface area contributed by atoms with Crippen LogP contribution in [0.4, 0.5) is 15.8 Å². The molecule has 1 aliphatic rings. The smallest absolute Gasteiger partial charge is 0.270 e. The molecule has 0 unspecified atom stereocenters. The Labute approximate surface area is 198 Å². The molecule has 1 saturated heterocycles. The van der Waals surface area contributed by atoms with Crippen LogP contribution in [0.1, 0.15) is 16.7 Å². The molecule has 4 rings (SSSR count). The van der Waals surface area contributed by atoms with Crippen LogP contribution in [-0.4, -0.2) is 15.2 Å². The predicted molar refractivity (Wildman–Crippen MR) is 131 cm³/mol. The van der Waals surface area contributed by atoms with Gasteiger partial charge in [0.05, 0.1) is 15.5 Å². The SMILES string of the molecule is Cc1cccc(N2C(=O)/C(=C\c3cc([N+](=O)[O-])ccc3OCc3ccc(F)cc3)SC2=S)c1. The zero-order valence-electron chi connectivity index (χ0n) is 17.4. The van der Waals surface area contributed by atoms with Crippen LogP contribution >= 0.6 is 24.0 Å². The summed E-state index contributed by atoms with van der Waals surface area (Å²) in [4.78, 5) is 25.7. The lowest BCUT2D eigenvalue weighted by Crippen LogP contribution is -2.27. The van der Waals surface area contributed by atoms with Gasteiger partial charge in [0.1, 0.15) is 18.2 Å². The zero-order valence-corrected chi connectivity index (χ0v) is 19.0. The molecule has 0 saturated carbocycles. The molecule has 0 bridgehead atoms. The fraction of sp³-hybridized carbons (Fsp3) is 0.0833. The van der Waals surface area contributed by atoms with Gasteiger partial charge in [-0.2, -0.15) is 0 Å². The second-order valence-electron chi connectivity index (χ2n) is 7.25. The third-order valence-electron chi connectivity index (χ3n) is 4.85. The number of hydrogen-bond donors (Lipinski definition) is 0. The van der Waals surface area contributed by atoms with E-state index in [0.29, 0.717) is 26.2 Å². The quantitative estimate of drug-likeness (QED) is 0.186. The molecule has 1 amide bonds. The molecule has 0 atom stereocenters. The molecule has 0 radical (unpaired) electrons. The van der Waals surface area contributed by atoms with E-state index in [2.05, 4.69) is 0 Å². The fourth-order valence-electron chi connectivity index (χ4n) is 3.23. The Morgan fingerprint density at radius 2 is 1.91 bits per heavy atom. The number of carbonyl (C=O) groups excluding carboxylic acids is 1. The molecule has 0 N–H and O–H groups in total. The monoisotopic (exact) mass is 480 g/mol. The summed E-state index contributed by atoms with van der Waals surface area (Å²) in [5, 5.41) is 11.3. The summed E-state index contributed by atoms with van der Waals surface area (Å²) >= 11 is 6.54. The van der Waals surface area contributed by atoms with E-state index in [1.807, 2.05) is 25.1 Å². The van der Waals surface area contributed by atoms with E-state index in [1.165, 1.54) is 35.2 Å². The highest BCUT2D eigenvalue weighted by molar-refractivity contribution is 8.27. The first-order chi connectivity index (χ1) is 15.8. The standard InChI is InChI=1S/C24H17FN2O4S2/c1-15-3-2-4-19(11-15)26-23(28)22(33-24(26)32)13-17-12-20(27(29)30)9-10-21(17)31-14-16-5-7-18(25)8-6-16/h2-13H,14H2,1H3/b22-13+. The highest BCUT2D eigenvalue weighted by atomic mass is 32.2. The first-order valence-corrected chi connectivity index (χ1v) is 11.0. The second-order valence-corrected chi connectivity index (χ2v) is 8.93. The van der Waals surface area contributed by atoms with Crippen molar-refractivity contribution in [3.05, 3.63) is 104 Å². The van der Waals surface area contributed by atoms with Crippen LogP contribution in [0.15, 0.2) is 71.6 Å². The van der Waals surface area contributed by atoms with Gasteiger partial charge in [0.15, 0.2) is 4.32 Å². The normalized spacial score (nSPS) is 14.7. The number of anilines is 1. The number of benzene rings is 3. The van der Waals surface area contributed by atoms with Crippen LogP contribution in [0.2, 0.25) is 0 Å². The molecule has 1 fully saturated rings. The molecule has 1 heterocycles. The third-order valence-corrected chi connectivity index (χ3v) is 6.15. The lowest BCUT2D eigenvalue weighted by Gasteiger charge is -2.15. The van der Waals surface area contributed by atoms with Crippen LogP contribution in [0.3, 0.4) is 0 Å². The highest BCUT2D eigenvalue weighted by Crippen LogP contribution is 2.38. The van der Waals surface area contributed by atoms with Gasteiger partial charge < -0.3 is 4.74 Å². The minimum atomic E-state index is -0.515. The summed E-state index contributed by atoms with van der Waals surface area (Å²) in [6.45, 7) is 2.05. The number of ether oxygens (including phenoxy) is 1. The molecule has 0 aliphatic carbocycles. The van der Waals surface area contributed by atoms with E-state index in [0.717, 1.165) is 22.9 Å². The van der Waals surface area contributed by atoms with Crippen molar-refractivity contribution in [3.63, 3.8) is 0 Å². The van der Waals surface area contributed by atoms with Crippen LogP contribution in [0.5, 0.6) is 5.75 Å². The van der Waals surface area contributed by atoms with Gasteiger partial charge in [0.25, 0.3) is 11.6 Å². The maximum Gasteiger partial charge on any atom is 0.270 e. The van der Waals surface area contributed by atoms with Gasteiger partial charge in [-0.3, -0.25) is 19.8 Å². The first-order valence-electron chi connectivity index (χ1n) is 9.82. The third kappa shape index (κ3) is 5.10. The number of aryl methyl sites for hydroxylation is 1. The Morgan fingerprint density at radius 1 is 1.15 bits per heavy atom. The van der Waals surface area contributed by atoms with Gasteiger partial charge in [0.2, 0.25) is 0 Å². The molecular formula is C24H17FN2O4S2. The molecule has 3 aromatic carbocycles. The van der Waals surface area contributed by atoms with Gasteiger partial charge in [-0.25, -0.2) is 4.39 Å². The summed E-state index contributed by atoms with van der Waals surface area (Å²) in [6.07, 6.45) is 1.54. The topological polar surface area (TPSA) is 72.7 Å². The minimum absolute atomic E-state index is 0.128.